The van der Waals surface area contributed by atoms with Gasteiger partial charge in [0, 0.05) is 35.6 Å². The first-order chi connectivity index (χ1) is 19.1. The Morgan fingerprint density at radius 3 is 2.07 bits per heavy atom. The van der Waals surface area contributed by atoms with Crippen molar-refractivity contribution >= 4 is 62.3 Å². The van der Waals surface area contributed by atoms with E-state index in [9.17, 15) is 31.2 Å². The Kier molecular flexibility index (Phi) is 10.6. The van der Waals surface area contributed by atoms with Crippen LogP contribution in [0.3, 0.4) is 0 Å². The van der Waals surface area contributed by atoms with Crippen LogP contribution >= 0.6 is 34.8 Å². The van der Waals surface area contributed by atoms with Crippen LogP contribution < -0.4 is 9.62 Å². The number of hydrogen-bond donors (Lipinski definition) is 1. The van der Waals surface area contributed by atoms with Crippen LogP contribution in [0.25, 0.3) is 0 Å². The van der Waals surface area contributed by atoms with Crippen LogP contribution in [0.5, 0.6) is 0 Å². The van der Waals surface area contributed by atoms with Gasteiger partial charge in [-0.15, -0.1) is 0 Å². The van der Waals surface area contributed by atoms with Gasteiger partial charge in [0.2, 0.25) is 21.8 Å². The second kappa shape index (κ2) is 13.3. The van der Waals surface area contributed by atoms with Crippen molar-refractivity contribution in [3.63, 3.8) is 0 Å². The third-order valence-corrected chi connectivity index (χ3v) is 8.31. The molecule has 0 bridgehead atoms. The molecule has 14 heteroatoms. The molecule has 220 valence electrons. The fourth-order valence-electron chi connectivity index (χ4n) is 4.07. The van der Waals surface area contributed by atoms with Gasteiger partial charge in [-0.2, -0.15) is 13.2 Å². The van der Waals surface area contributed by atoms with Gasteiger partial charge in [0.05, 0.1) is 22.5 Å². The van der Waals surface area contributed by atoms with Crippen LogP contribution in [-0.2, 0) is 38.8 Å². The zero-order valence-electron chi connectivity index (χ0n) is 21.8. The zero-order valence-corrected chi connectivity index (χ0v) is 24.8. The maximum absolute atomic E-state index is 13.9. The number of sulfonamides is 1. The summed E-state index contributed by atoms with van der Waals surface area (Å²) in [6.07, 6.45) is -4.10. The summed E-state index contributed by atoms with van der Waals surface area (Å²) in [5.74, 6) is -1.46. The lowest BCUT2D eigenvalue weighted by atomic mass is 10.0. The largest absolute Gasteiger partial charge is 0.417 e. The Morgan fingerprint density at radius 1 is 0.927 bits per heavy atom. The highest BCUT2D eigenvalue weighted by Crippen LogP contribution is 2.37. The van der Waals surface area contributed by atoms with Gasteiger partial charge in [0.1, 0.15) is 12.6 Å². The Labute approximate surface area is 250 Å². The highest BCUT2D eigenvalue weighted by Gasteiger charge is 2.36. The zero-order chi connectivity index (χ0) is 30.5. The molecule has 0 spiro atoms. The number of carbonyl (C=O) groups is 2. The molecule has 0 fully saturated rings. The second-order valence-corrected chi connectivity index (χ2v) is 12.1. The molecule has 0 saturated carbocycles. The second-order valence-electron chi connectivity index (χ2n) is 8.97. The normalized spacial score (nSPS) is 12.5. The van der Waals surface area contributed by atoms with Crippen molar-refractivity contribution in [2.75, 3.05) is 24.2 Å². The molecule has 0 aliphatic rings. The lowest BCUT2D eigenvalue weighted by molar-refractivity contribution is -0.139. The molecule has 0 radical (unpaired) electrons. The Morgan fingerprint density at radius 2 is 1.54 bits per heavy atom. The molecule has 3 rings (SSSR count). The summed E-state index contributed by atoms with van der Waals surface area (Å²) in [6.45, 7) is -1.23. The molecule has 41 heavy (non-hydrogen) atoms. The van der Waals surface area contributed by atoms with Gasteiger partial charge in [-0.3, -0.25) is 13.9 Å². The third-order valence-electron chi connectivity index (χ3n) is 6.13. The number of hydrogen-bond acceptors (Lipinski definition) is 4. The molecule has 0 aromatic heterocycles. The minimum atomic E-state index is -4.88. The van der Waals surface area contributed by atoms with Gasteiger partial charge in [0.15, 0.2) is 0 Å². The molecule has 7 nitrogen and oxygen atoms in total. The van der Waals surface area contributed by atoms with Crippen LogP contribution in [0.2, 0.25) is 15.1 Å². The van der Waals surface area contributed by atoms with Crippen LogP contribution in [0.1, 0.15) is 16.7 Å². The molecule has 1 atom stereocenters. The lowest BCUT2D eigenvalue weighted by Gasteiger charge is -2.33. The van der Waals surface area contributed by atoms with Crippen LogP contribution in [0.15, 0.2) is 66.7 Å². The average molecular weight is 651 g/mol. The first-order valence-corrected chi connectivity index (χ1v) is 14.9. The third kappa shape index (κ3) is 8.28. The van der Waals surface area contributed by atoms with Crippen LogP contribution in [0, 0.1) is 0 Å². The minimum Gasteiger partial charge on any atom is -0.357 e. The molecule has 0 aliphatic carbocycles. The summed E-state index contributed by atoms with van der Waals surface area (Å²) in [5.41, 5.74) is -0.725. The van der Waals surface area contributed by atoms with Crippen molar-refractivity contribution in [3.8, 4) is 0 Å². The van der Waals surface area contributed by atoms with Gasteiger partial charge in [0.25, 0.3) is 0 Å². The summed E-state index contributed by atoms with van der Waals surface area (Å²) in [4.78, 5) is 28.1. The molecular weight excluding hydrogens is 626 g/mol. The molecule has 0 saturated heterocycles. The number of rotatable bonds is 10. The summed E-state index contributed by atoms with van der Waals surface area (Å²) in [7, 11) is -2.92. The number of nitrogens with one attached hydrogen (secondary N) is 1. The maximum atomic E-state index is 13.9. The number of likely N-dealkylation sites (N-methyl/N-ethyl adjacent to an activating group) is 1. The van der Waals surface area contributed by atoms with E-state index >= 15 is 0 Å². The number of halogens is 6. The molecule has 3 aromatic rings. The van der Waals surface area contributed by atoms with Crippen molar-refractivity contribution in [3.05, 3.63) is 98.5 Å². The van der Waals surface area contributed by atoms with Crippen LogP contribution in [-0.4, -0.2) is 51.0 Å². The molecule has 0 aliphatic heterocycles. The fourth-order valence-corrected chi connectivity index (χ4v) is 5.66. The first-order valence-electron chi connectivity index (χ1n) is 12.0. The minimum absolute atomic E-state index is 0.0341. The van der Waals surface area contributed by atoms with Gasteiger partial charge in [-0.25, -0.2) is 8.42 Å². The molecule has 3 aromatic carbocycles. The van der Waals surface area contributed by atoms with Gasteiger partial charge >= 0.3 is 6.18 Å². The van der Waals surface area contributed by atoms with E-state index in [1.165, 1.54) is 19.2 Å². The van der Waals surface area contributed by atoms with E-state index in [4.69, 9.17) is 34.8 Å². The predicted octanol–water partition coefficient (Wildman–Crippen LogP) is 5.82. The summed E-state index contributed by atoms with van der Waals surface area (Å²) in [5, 5.41) is 2.26. The summed E-state index contributed by atoms with van der Waals surface area (Å²) in [6, 6.07) is 14.8. The van der Waals surface area contributed by atoms with E-state index in [0.29, 0.717) is 21.5 Å². The number of benzene rings is 3. The molecule has 2 amide bonds. The highest BCUT2D eigenvalue weighted by atomic mass is 35.5. The molecule has 1 N–H and O–H groups in total. The molecule has 1 unspecified atom stereocenters. The van der Waals surface area contributed by atoms with E-state index in [-0.39, 0.29) is 23.0 Å². The van der Waals surface area contributed by atoms with Gasteiger partial charge < -0.3 is 10.2 Å². The fraction of sp³-hybridized carbons (Fsp3) is 0.259. The van der Waals surface area contributed by atoms with Crippen molar-refractivity contribution in [2.45, 2.75) is 25.2 Å². The number of carbonyl (C=O) groups excluding carboxylic acids is 2. The van der Waals surface area contributed by atoms with E-state index in [1.807, 2.05) is 0 Å². The number of anilines is 1. The number of nitrogens with zero attached hydrogens (tertiary/aromatic N) is 2. The monoisotopic (exact) mass is 649 g/mol. The van der Waals surface area contributed by atoms with Gasteiger partial charge in [-0.1, -0.05) is 71.2 Å². The van der Waals surface area contributed by atoms with Crippen molar-refractivity contribution in [2.24, 2.45) is 0 Å². The Hall–Kier alpha value is -2.99. The van der Waals surface area contributed by atoms with Crippen molar-refractivity contribution in [1.82, 2.24) is 10.2 Å². The number of amides is 2. The Balaban J connectivity index is 2.11. The topological polar surface area (TPSA) is 86.8 Å². The van der Waals surface area contributed by atoms with E-state index < -0.39 is 56.9 Å². The summed E-state index contributed by atoms with van der Waals surface area (Å²) >= 11 is 18.4. The van der Waals surface area contributed by atoms with Crippen molar-refractivity contribution in [1.29, 1.82) is 0 Å². The molecule has 0 heterocycles. The lowest BCUT2D eigenvalue weighted by Crippen LogP contribution is -2.53. The smallest absolute Gasteiger partial charge is 0.357 e. The maximum Gasteiger partial charge on any atom is 0.417 e. The standard InChI is InChI=1S/C27H25Cl3F3N3O4S/c1-34-26(38)24(13-17-7-4-3-5-8-17)35(15-19-21(28)9-6-10-22(19)29)25(37)16-36(41(2,39)40)18-11-12-23(30)20(14-18)27(31,32)33/h3-12,14,24H,13,15-16H2,1-2H3,(H,34,38). The highest BCUT2D eigenvalue weighted by molar-refractivity contribution is 7.92. The first kappa shape index (κ1) is 32.5. The van der Waals surface area contributed by atoms with E-state index in [2.05, 4.69) is 5.32 Å². The predicted molar refractivity (Wildman–Crippen MR) is 154 cm³/mol. The van der Waals surface area contributed by atoms with Crippen molar-refractivity contribution < 1.29 is 31.2 Å². The quantitative estimate of drug-likeness (QED) is 0.300. The summed E-state index contributed by atoms with van der Waals surface area (Å²) < 4.78 is 66.7. The van der Waals surface area contributed by atoms with E-state index in [0.717, 1.165) is 23.3 Å². The number of alkyl halides is 3. The Bertz CT molecular complexity index is 1500. The molecular formula is C27H25Cl3F3N3O4S. The average Bonchev–Trinajstić information content (AvgIpc) is 2.90. The SMILES string of the molecule is CNC(=O)C(Cc1ccccc1)N(Cc1c(Cl)cccc1Cl)C(=O)CN(c1ccc(Cl)c(C(F)(F)F)c1)S(C)(=O)=O. The van der Waals surface area contributed by atoms with Gasteiger partial charge in [-0.05, 0) is 35.9 Å². The van der Waals surface area contributed by atoms with Crippen LogP contribution in [0.4, 0.5) is 18.9 Å². The van der Waals surface area contributed by atoms with E-state index in [1.54, 1.807) is 36.4 Å².